The van der Waals surface area contributed by atoms with E-state index < -0.39 is 5.97 Å². The summed E-state index contributed by atoms with van der Waals surface area (Å²) >= 11 is 6.07. The molecule has 0 fully saturated rings. The van der Waals surface area contributed by atoms with Gasteiger partial charge in [0.15, 0.2) is 5.69 Å². The molecule has 1 aliphatic rings. The van der Waals surface area contributed by atoms with Crippen molar-refractivity contribution in [2.75, 3.05) is 6.61 Å². The Morgan fingerprint density at radius 2 is 2.20 bits per heavy atom. The van der Waals surface area contributed by atoms with Gasteiger partial charge in [-0.3, -0.25) is 0 Å². The molecule has 0 saturated carbocycles. The van der Waals surface area contributed by atoms with E-state index in [1.54, 1.807) is 23.7 Å². The summed E-state index contributed by atoms with van der Waals surface area (Å²) in [6.45, 7) is 6.07. The second-order valence-corrected chi connectivity index (χ2v) is 5.96. The van der Waals surface area contributed by atoms with Crippen LogP contribution in [-0.2, 0) is 17.6 Å². The summed E-state index contributed by atoms with van der Waals surface area (Å²) in [4.78, 5) is 12.2. The van der Waals surface area contributed by atoms with E-state index in [4.69, 9.17) is 21.6 Å². The number of nitrogens with zero attached hydrogens (tertiary/aromatic N) is 3. The molecule has 25 heavy (non-hydrogen) atoms. The average Bonchev–Trinajstić information content (AvgIpc) is 3.16. The van der Waals surface area contributed by atoms with Crippen LogP contribution in [0.25, 0.3) is 5.69 Å². The molecule has 1 aromatic heterocycles. The third-order valence-electron chi connectivity index (χ3n) is 3.97. The number of hydrogen-bond acceptors (Lipinski definition) is 4. The molecule has 1 unspecified atom stereocenters. The lowest BCUT2D eigenvalue weighted by Gasteiger charge is -2.08. The second kappa shape index (κ2) is 8.68. The summed E-state index contributed by atoms with van der Waals surface area (Å²) in [6.07, 6.45) is 1.87. The van der Waals surface area contributed by atoms with E-state index in [9.17, 15) is 4.79 Å². The Hall–Kier alpha value is -2.32. The topological polar surface area (TPSA) is 67.9 Å². The maximum absolute atomic E-state index is 12.2. The summed E-state index contributed by atoms with van der Waals surface area (Å²) in [6, 6.07) is 9.55. The van der Waals surface area contributed by atoms with Crippen molar-refractivity contribution in [3.8, 4) is 11.8 Å². The highest BCUT2D eigenvalue weighted by molar-refractivity contribution is 6.30. The van der Waals surface area contributed by atoms with Crippen molar-refractivity contribution in [2.45, 2.75) is 40.0 Å². The molecule has 1 aromatic carbocycles. The molecule has 0 bridgehead atoms. The first-order valence-corrected chi connectivity index (χ1v) is 8.92. The molecule has 5 nitrogen and oxygen atoms in total. The fraction of sp³-hybridized carbons (Fsp3) is 0.421. The van der Waals surface area contributed by atoms with Crippen molar-refractivity contribution in [1.29, 1.82) is 5.26 Å². The van der Waals surface area contributed by atoms with Crippen LogP contribution in [0.2, 0.25) is 5.02 Å². The molecule has 1 atom stereocenters. The fourth-order valence-electron chi connectivity index (χ4n) is 3.00. The molecule has 0 radical (unpaired) electrons. The van der Waals surface area contributed by atoms with Gasteiger partial charge < -0.3 is 4.74 Å². The van der Waals surface area contributed by atoms with Crippen LogP contribution >= 0.6 is 11.6 Å². The molecule has 0 amide bonds. The van der Waals surface area contributed by atoms with Gasteiger partial charge in [-0.1, -0.05) is 31.5 Å². The van der Waals surface area contributed by atoms with Crippen molar-refractivity contribution < 1.29 is 9.53 Å². The summed E-state index contributed by atoms with van der Waals surface area (Å²) < 4.78 is 6.87. The predicted molar refractivity (Wildman–Crippen MR) is 97.0 cm³/mol. The number of hydrogen-bond donors (Lipinski definition) is 0. The summed E-state index contributed by atoms with van der Waals surface area (Å²) in [5, 5.41) is 14.0. The van der Waals surface area contributed by atoms with Crippen LogP contribution in [0.3, 0.4) is 0 Å². The number of ether oxygens (including phenoxy) is 1. The molecule has 2 aromatic rings. The normalized spacial score (nSPS) is 14.9. The third kappa shape index (κ3) is 4.02. The van der Waals surface area contributed by atoms with Crippen LogP contribution in [0.5, 0.6) is 0 Å². The van der Waals surface area contributed by atoms with Gasteiger partial charge in [-0.05, 0) is 43.9 Å². The number of fused-ring (bicyclic) bond motifs is 1. The molecule has 3 rings (SSSR count). The lowest BCUT2D eigenvalue weighted by Crippen LogP contribution is -2.11. The molecular weight excluding hydrogens is 338 g/mol. The minimum Gasteiger partial charge on any atom is -0.461 e. The molecule has 6 heteroatoms. The van der Waals surface area contributed by atoms with Gasteiger partial charge >= 0.3 is 5.97 Å². The monoisotopic (exact) mass is 359 g/mol. The predicted octanol–water partition coefficient (Wildman–Crippen LogP) is 4.36. The number of nitriles is 1. The first-order valence-electron chi connectivity index (χ1n) is 8.54. The van der Waals surface area contributed by atoms with Gasteiger partial charge in [0, 0.05) is 22.7 Å². The van der Waals surface area contributed by atoms with Crippen LogP contribution in [0.1, 0.15) is 48.9 Å². The minimum absolute atomic E-state index is 0.214. The summed E-state index contributed by atoms with van der Waals surface area (Å²) in [7, 11) is 0. The average molecular weight is 360 g/mol. The lowest BCUT2D eigenvalue weighted by molar-refractivity contribution is 0.0517. The molecule has 0 spiro atoms. The first kappa shape index (κ1) is 19.0. The Morgan fingerprint density at radius 1 is 1.44 bits per heavy atom. The molecule has 0 saturated heterocycles. The lowest BCUT2D eigenvalue weighted by atomic mass is 10.0. The second-order valence-electron chi connectivity index (χ2n) is 5.52. The van der Waals surface area contributed by atoms with E-state index >= 15 is 0 Å². The van der Waals surface area contributed by atoms with Crippen LogP contribution in [0.4, 0.5) is 0 Å². The SMILES string of the molecule is CC.CCOC(=O)c1nn(-c2cccc(Cl)c2)c2c1CC(CC#N)C2. The Labute approximate surface area is 153 Å². The Balaban J connectivity index is 0.00000109. The van der Waals surface area contributed by atoms with Gasteiger partial charge in [0.2, 0.25) is 0 Å². The van der Waals surface area contributed by atoms with Gasteiger partial charge in [0.05, 0.1) is 18.4 Å². The maximum atomic E-state index is 12.2. The standard InChI is InChI=1S/C17H16ClN3O2.C2H6/c1-2-23-17(22)16-14-8-11(6-7-19)9-15(14)21(20-16)13-5-3-4-12(18)10-13;1-2/h3-5,10-11H,2,6,8-9H2,1H3;1-2H3. The zero-order valence-corrected chi connectivity index (χ0v) is 15.5. The first-order chi connectivity index (χ1) is 12.1. The molecule has 0 aliphatic heterocycles. The van der Waals surface area contributed by atoms with Crippen molar-refractivity contribution in [2.24, 2.45) is 5.92 Å². The van der Waals surface area contributed by atoms with Crippen LogP contribution in [0.15, 0.2) is 24.3 Å². The van der Waals surface area contributed by atoms with Crippen LogP contribution in [0, 0.1) is 17.2 Å². The van der Waals surface area contributed by atoms with Crippen molar-refractivity contribution >= 4 is 17.6 Å². The van der Waals surface area contributed by atoms with Crippen LogP contribution < -0.4 is 0 Å². The van der Waals surface area contributed by atoms with E-state index in [1.165, 1.54) is 0 Å². The molecule has 1 heterocycles. The minimum atomic E-state index is -0.415. The van der Waals surface area contributed by atoms with E-state index in [0.717, 1.165) is 23.4 Å². The molecular formula is C19H22ClN3O2. The van der Waals surface area contributed by atoms with Crippen molar-refractivity contribution in [1.82, 2.24) is 9.78 Å². The fourth-order valence-corrected chi connectivity index (χ4v) is 3.19. The number of aromatic nitrogens is 2. The highest BCUT2D eigenvalue weighted by Crippen LogP contribution is 2.33. The number of esters is 1. The van der Waals surface area contributed by atoms with Crippen molar-refractivity contribution in [3.63, 3.8) is 0 Å². The van der Waals surface area contributed by atoms with E-state index in [2.05, 4.69) is 11.2 Å². The highest BCUT2D eigenvalue weighted by Gasteiger charge is 2.32. The maximum Gasteiger partial charge on any atom is 0.359 e. The van der Waals surface area contributed by atoms with E-state index in [0.29, 0.717) is 30.2 Å². The zero-order valence-electron chi connectivity index (χ0n) is 14.8. The smallest absolute Gasteiger partial charge is 0.359 e. The number of carbonyl (C=O) groups excluding carboxylic acids is 1. The van der Waals surface area contributed by atoms with E-state index in [1.807, 2.05) is 26.0 Å². The van der Waals surface area contributed by atoms with Crippen LogP contribution in [-0.4, -0.2) is 22.4 Å². The number of benzene rings is 1. The van der Waals surface area contributed by atoms with Gasteiger partial charge in [0.1, 0.15) is 0 Å². The molecule has 132 valence electrons. The number of carbonyl (C=O) groups is 1. The zero-order chi connectivity index (χ0) is 18.4. The quantitative estimate of drug-likeness (QED) is 0.761. The highest BCUT2D eigenvalue weighted by atomic mass is 35.5. The Kier molecular flexibility index (Phi) is 6.60. The Bertz CT molecular complexity index is 792. The number of halogens is 1. The summed E-state index contributed by atoms with van der Waals surface area (Å²) in [5.74, 6) is -0.200. The number of rotatable bonds is 4. The summed E-state index contributed by atoms with van der Waals surface area (Å²) in [5.41, 5.74) is 3.02. The Morgan fingerprint density at radius 3 is 2.84 bits per heavy atom. The van der Waals surface area contributed by atoms with Gasteiger partial charge in [-0.25, -0.2) is 9.48 Å². The van der Waals surface area contributed by atoms with Gasteiger partial charge in [-0.2, -0.15) is 10.4 Å². The van der Waals surface area contributed by atoms with Gasteiger partial charge in [-0.15, -0.1) is 0 Å². The third-order valence-corrected chi connectivity index (χ3v) is 4.20. The molecule has 0 N–H and O–H groups in total. The van der Waals surface area contributed by atoms with Gasteiger partial charge in [0.25, 0.3) is 0 Å². The molecule has 1 aliphatic carbocycles. The van der Waals surface area contributed by atoms with E-state index in [-0.39, 0.29) is 5.92 Å². The largest absolute Gasteiger partial charge is 0.461 e. The van der Waals surface area contributed by atoms with Crippen molar-refractivity contribution in [3.05, 3.63) is 46.2 Å².